The molecule has 4 rings (SSSR count). The Morgan fingerprint density at radius 1 is 1.38 bits per heavy atom. The summed E-state index contributed by atoms with van der Waals surface area (Å²) in [6, 6.07) is 4.05. The number of aryl methyl sites for hydroxylation is 1. The summed E-state index contributed by atoms with van der Waals surface area (Å²) in [5.74, 6) is 1.25. The molecule has 1 aliphatic heterocycles. The molecule has 0 saturated heterocycles. The number of nitrogens with one attached hydrogen (secondary N) is 1. The molecule has 0 bridgehead atoms. The van der Waals surface area contributed by atoms with Crippen molar-refractivity contribution in [2.75, 3.05) is 6.54 Å². The van der Waals surface area contributed by atoms with Gasteiger partial charge in [-0.05, 0) is 42.0 Å². The second kappa shape index (κ2) is 5.05. The van der Waals surface area contributed by atoms with E-state index in [1.165, 1.54) is 10.4 Å². The molecule has 0 saturated carbocycles. The van der Waals surface area contributed by atoms with Crippen molar-refractivity contribution in [3.8, 4) is 11.4 Å². The van der Waals surface area contributed by atoms with Gasteiger partial charge in [0, 0.05) is 29.4 Å². The Hall–Kier alpha value is -2.05. The van der Waals surface area contributed by atoms with Crippen LogP contribution in [0.4, 0.5) is 0 Å². The van der Waals surface area contributed by atoms with Gasteiger partial charge in [-0.2, -0.15) is 4.98 Å². The van der Waals surface area contributed by atoms with E-state index in [1.54, 1.807) is 23.7 Å². The standard InChI is InChI=1S/C15H14N4OS/c1-9-8-16-5-2-10(9)14-18-15(20-19-14)13-11-4-7-21-12(11)3-6-17-13/h2,4-5,7-8,13,17H,3,6H2,1H3. The van der Waals surface area contributed by atoms with Crippen LogP contribution in [0.5, 0.6) is 0 Å². The number of rotatable bonds is 2. The van der Waals surface area contributed by atoms with Crippen LogP contribution in [-0.2, 0) is 6.42 Å². The maximum atomic E-state index is 5.50. The van der Waals surface area contributed by atoms with Crippen LogP contribution in [0.25, 0.3) is 11.4 Å². The highest BCUT2D eigenvalue weighted by atomic mass is 32.1. The smallest absolute Gasteiger partial charge is 0.248 e. The number of hydrogen-bond acceptors (Lipinski definition) is 6. The normalized spacial score (nSPS) is 17.7. The second-order valence-electron chi connectivity index (χ2n) is 5.08. The van der Waals surface area contributed by atoms with E-state index in [0.717, 1.165) is 24.1 Å². The second-order valence-corrected chi connectivity index (χ2v) is 6.08. The van der Waals surface area contributed by atoms with Crippen LogP contribution in [0.2, 0.25) is 0 Å². The summed E-state index contributed by atoms with van der Waals surface area (Å²) in [6.07, 6.45) is 4.61. The maximum absolute atomic E-state index is 5.50. The van der Waals surface area contributed by atoms with Crippen LogP contribution in [-0.4, -0.2) is 21.7 Å². The van der Waals surface area contributed by atoms with Gasteiger partial charge in [0.15, 0.2) is 0 Å². The summed E-state index contributed by atoms with van der Waals surface area (Å²) in [6.45, 7) is 2.93. The zero-order chi connectivity index (χ0) is 14.2. The predicted octanol–water partition coefficient (Wildman–Crippen LogP) is 2.74. The minimum absolute atomic E-state index is 0.00314. The van der Waals surface area contributed by atoms with Crippen LogP contribution >= 0.6 is 11.3 Å². The molecule has 3 aromatic heterocycles. The Bertz CT molecular complexity index is 779. The Kier molecular flexibility index (Phi) is 3.05. The largest absolute Gasteiger partial charge is 0.337 e. The van der Waals surface area contributed by atoms with E-state index in [0.29, 0.717) is 11.7 Å². The first-order chi connectivity index (χ1) is 10.3. The van der Waals surface area contributed by atoms with Gasteiger partial charge in [0.2, 0.25) is 11.7 Å². The first kappa shape index (κ1) is 12.7. The van der Waals surface area contributed by atoms with E-state index in [2.05, 4.69) is 31.9 Å². The zero-order valence-electron chi connectivity index (χ0n) is 11.5. The topological polar surface area (TPSA) is 63.8 Å². The molecule has 0 spiro atoms. The van der Waals surface area contributed by atoms with Gasteiger partial charge in [0.05, 0.1) is 0 Å². The monoisotopic (exact) mass is 298 g/mol. The fraction of sp³-hybridized carbons (Fsp3) is 0.267. The molecule has 5 nitrogen and oxygen atoms in total. The van der Waals surface area contributed by atoms with Crippen LogP contribution in [0.3, 0.4) is 0 Å². The third-order valence-corrected chi connectivity index (χ3v) is 4.74. The molecule has 1 N–H and O–H groups in total. The fourth-order valence-corrected chi connectivity index (χ4v) is 3.58. The molecule has 0 aliphatic carbocycles. The van der Waals surface area contributed by atoms with Gasteiger partial charge in [-0.25, -0.2) is 0 Å². The van der Waals surface area contributed by atoms with Gasteiger partial charge in [0.25, 0.3) is 0 Å². The SMILES string of the molecule is Cc1cnccc1-c1noc(C2NCCc3sccc32)n1. The summed E-state index contributed by atoms with van der Waals surface area (Å²) < 4.78 is 5.50. The summed E-state index contributed by atoms with van der Waals surface area (Å²) in [7, 11) is 0. The Labute approximate surface area is 126 Å². The molecular formula is C15H14N4OS. The van der Waals surface area contributed by atoms with Crippen molar-refractivity contribution >= 4 is 11.3 Å². The van der Waals surface area contributed by atoms with Crippen LogP contribution in [0.1, 0.15) is 27.9 Å². The van der Waals surface area contributed by atoms with Gasteiger partial charge in [0.1, 0.15) is 6.04 Å². The molecule has 1 unspecified atom stereocenters. The lowest BCUT2D eigenvalue weighted by molar-refractivity contribution is 0.344. The predicted molar refractivity (Wildman–Crippen MR) is 80.1 cm³/mol. The summed E-state index contributed by atoms with van der Waals surface area (Å²) in [5, 5.41) is 9.70. The van der Waals surface area contributed by atoms with Crippen LogP contribution in [0.15, 0.2) is 34.4 Å². The minimum Gasteiger partial charge on any atom is -0.337 e. The third-order valence-electron chi connectivity index (χ3n) is 3.74. The quantitative estimate of drug-likeness (QED) is 0.788. The van der Waals surface area contributed by atoms with Crippen molar-refractivity contribution in [1.29, 1.82) is 0 Å². The number of aromatic nitrogens is 3. The van der Waals surface area contributed by atoms with E-state index in [9.17, 15) is 0 Å². The van der Waals surface area contributed by atoms with E-state index in [1.807, 2.05) is 13.0 Å². The summed E-state index contributed by atoms with van der Waals surface area (Å²) in [4.78, 5) is 10.1. The van der Waals surface area contributed by atoms with Gasteiger partial charge < -0.3 is 9.84 Å². The summed E-state index contributed by atoms with van der Waals surface area (Å²) in [5.41, 5.74) is 3.26. The van der Waals surface area contributed by atoms with Crippen LogP contribution < -0.4 is 5.32 Å². The molecule has 1 atom stereocenters. The number of thiophene rings is 1. The molecule has 0 aromatic carbocycles. The first-order valence-corrected chi connectivity index (χ1v) is 7.75. The molecule has 6 heteroatoms. The van der Waals surface area contributed by atoms with E-state index >= 15 is 0 Å². The molecule has 0 amide bonds. The highest BCUT2D eigenvalue weighted by molar-refractivity contribution is 7.10. The van der Waals surface area contributed by atoms with Crippen molar-refractivity contribution in [3.63, 3.8) is 0 Å². The van der Waals surface area contributed by atoms with Crippen molar-refractivity contribution in [3.05, 3.63) is 51.8 Å². The molecule has 4 heterocycles. The molecular weight excluding hydrogens is 284 g/mol. The highest BCUT2D eigenvalue weighted by Crippen LogP contribution is 2.32. The highest BCUT2D eigenvalue weighted by Gasteiger charge is 2.27. The van der Waals surface area contributed by atoms with E-state index < -0.39 is 0 Å². The van der Waals surface area contributed by atoms with Crippen molar-refractivity contribution in [2.45, 2.75) is 19.4 Å². The molecule has 21 heavy (non-hydrogen) atoms. The molecule has 0 fully saturated rings. The maximum Gasteiger partial charge on any atom is 0.248 e. The minimum atomic E-state index is 0.00314. The van der Waals surface area contributed by atoms with Gasteiger partial charge in [-0.1, -0.05) is 5.16 Å². The molecule has 1 aliphatic rings. The van der Waals surface area contributed by atoms with Gasteiger partial charge >= 0.3 is 0 Å². The average Bonchev–Trinajstić information content (AvgIpc) is 3.16. The van der Waals surface area contributed by atoms with Crippen molar-refractivity contribution < 1.29 is 4.52 Å². The first-order valence-electron chi connectivity index (χ1n) is 6.87. The molecule has 0 radical (unpaired) electrons. The molecule has 3 aromatic rings. The van der Waals surface area contributed by atoms with Crippen molar-refractivity contribution in [1.82, 2.24) is 20.4 Å². The number of nitrogens with zero attached hydrogens (tertiary/aromatic N) is 3. The Balaban J connectivity index is 1.72. The number of pyridine rings is 1. The van der Waals surface area contributed by atoms with Crippen LogP contribution in [0, 0.1) is 6.92 Å². The molecule has 106 valence electrons. The lowest BCUT2D eigenvalue weighted by atomic mass is 10.0. The number of hydrogen-bond donors (Lipinski definition) is 1. The lowest BCUT2D eigenvalue weighted by Crippen LogP contribution is -2.29. The fourth-order valence-electron chi connectivity index (χ4n) is 2.66. The lowest BCUT2D eigenvalue weighted by Gasteiger charge is -2.20. The van der Waals surface area contributed by atoms with Gasteiger partial charge in [-0.3, -0.25) is 4.98 Å². The Morgan fingerprint density at radius 3 is 3.24 bits per heavy atom. The van der Waals surface area contributed by atoms with E-state index in [4.69, 9.17) is 4.52 Å². The third kappa shape index (κ3) is 2.16. The summed E-state index contributed by atoms with van der Waals surface area (Å²) >= 11 is 1.79. The van der Waals surface area contributed by atoms with E-state index in [-0.39, 0.29) is 6.04 Å². The Morgan fingerprint density at radius 2 is 2.33 bits per heavy atom. The zero-order valence-corrected chi connectivity index (χ0v) is 12.4. The number of fused-ring (bicyclic) bond motifs is 1. The van der Waals surface area contributed by atoms with Crippen molar-refractivity contribution in [2.24, 2.45) is 0 Å². The average molecular weight is 298 g/mol. The van der Waals surface area contributed by atoms with Gasteiger partial charge in [-0.15, -0.1) is 11.3 Å².